The lowest BCUT2D eigenvalue weighted by Gasteiger charge is -2.33. The first kappa shape index (κ1) is 47.4. The molecule has 64 heavy (non-hydrogen) atoms. The minimum Gasteiger partial charge on any atom is -0.455 e. The summed E-state index contributed by atoms with van der Waals surface area (Å²) in [6.07, 6.45) is 1.10. The molecule has 7 rings (SSSR count). The van der Waals surface area contributed by atoms with Crippen LogP contribution in [0.2, 0.25) is 0 Å². The fraction of sp³-hybridized carbons (Fsp3) is 0.438. The van der Waals surface area contributed by atoms with E-state index in [0.29, 0.717) is 55.6 Å². The molecule has 0 bridgehead atoms. The summed E-state index contributed by atoms with van der Waals surface area (Å²) < 4.78 is 43.5. The lowest BCUT2D eigenvalue weighted by Crippen LogP contribution is -2.45. The Morgan fingerprint density at radius 1 is 0.625 bits per heavy atom. The van der Waals surface area contributed by atoms with E-state index in [1.807, 2.05) is 94.4 Å². The summed E-state index contributed by atoms with van der Waals surface area (Å²) in [4.78, 5) is 61.2. The van der Waals surface area contributed by atoms with Gasteiger partial charge in [-0.2, -0.15) is 0 Å². The van der Waals surface area contributed by atoms with E-state index in [1.54, 1.807) is 35.2 Å². The largest absolute Gasteiger partial charge is 0.455 e. The van der Waals surface area contributed by atoms with Crippen molar-refractivity contribution in [2.75, 3.05) is 5.32 Å². The third-order valence-electron chi connectivity index (χ3n) is 11.6. The zero-order valence-electron chi connectivity index (χ0n) is 37.3. The van der Waals surface area contributed by atoms with Gasteiger partial charge in [-0.15, -0.1) is 0 Å². The predicted octanol–water partition coefficient (Wildman–Crippen LogP) is 7.67. The summed E-state index contributed by atoms with van der Waals surface area (Å²) >= 11 is 0. The lowest BCUT2D eigenvalue weighted by atomic mass is 9.89. The molecule has 0 radical (unpaired) electrons. The molecule has 4 heterocycles. The van der Waals surface area contributed by atoms with Crippen molar-refractivity contribution < 1.29 is 52.3 Å². The number of nitrogens with one attached hydrogen (secondary N) is 1. The van der Waals surface area contributed by atoms with Crippen molar-refractivity contribution in [1.29, 1.82) is 0 Å². The van der Waals surface area contributed by atoms with Gasteiger partial charge in [-0.05, 0) is 48.9 Å². The molecular formula is C48H57N5O11. The summed E-state index contributed by atoms with van der Waals surface area (Å²) in [5.41, 5.74) is 1.92. The average molecular weight is 880 g/mol. The first-order chi connectivity index (χ1) is 30.9. The van der Waals surface area contributed by atoms with Gasteiger partial charge in [-0.1, -0.05) is 107 Å². The van der Waals surface area contributed by atoms with Crippen LogP contribution in [0.5, 0.6) is 0 Å². The smallest absolute Gasteiger partial charge is 0.305 e. The Kier molecular flexibility index (Phi) is 16.0. The number of hydrogen-bond donors (Lipinski definition) is 1. The fourth-order valence-electron chi connectivity index (χ4n) is 8.27. The second-order valence-electron chi connectivity index (χ2n) is 15.6. The topological polar surface area (TPSA) is 189 Å². The Labute approximate surface area is 372 Å². The quantitative estimate of drug-likeness (QED) is 0.0751. The number of ether oxygens (including phenoxy) is 7. The van der Waals surface area contributed by atoms with Crippen molar-refractivity contribution in [3.05, 3.63) is 120 Å². The third kappa shape index (κ3) is 10.8. The van der Waals surface area contributed by atoms with Crippen LogP contribution >= 0.6 is 0 Å². The number of hydrogen-bond acceptors (Lipinski definition) is 14. The SMILES string of the molecule is CCC1(CC)OC(OC(C)=O)[C@@H](OC(C)=O)C1OCc1ccccc1.CCC1(CC)O[C@@H](n2cnc3c(NC(=O)c4ccccc4)ncnc32)[C@@H](OC(C)=O)C1OCc1ccccc1. The molecule has 2 aliphatic heterocycles. The number of carbonyl (C=O) groups excluding carboxylic acids is 4. The lowest BCUT2D eigenvalue weighted by molar-refractivity contribution is -0.205. The van der Waals surface area contributed by atoms with Gasteiger partial charge in [0.05, 0.1) is 19.5 Å². The zero-order valence-corrected chi connectivity index (χ0v) is 37.3. The number of anilines is 1. The summed E-state index contributed by atoms with van der Waals surface area (Å²) in [5, 5.41) is 2.82. The first-order valence-electron chi connectivity index (χ1n) is 21.6. The van der Waals surface area contributed by atoms with E-state index >= 15 is 0 Å². The van der Waals surface area contributed by atoms with Crippen molar-refractivity contribution in [3.8, 4) is 0 Å². The van der Waals surface area contributed by atoms with Crippen molar-refractivity contribution >= 4 is 40.8 Å². The number of imidazole rings is 1. The predicted molar refractivity (Wildman–Crippen MR) is 234 cm³/mol. The molecule has 2 saturated heterocycles. The van der Waals surface area contributed by atoms with E-state index in [0.717, 1.165) is 11.1 Å². The molecule has 0 aliphatic carbocycles. The Bertz CT molecular complexity index is 2320. The number of rotatable bonds is 16. The van der Waals surface area contributed by atoms with Gasteiger partial charge in [-0.25, -0.2) is 15.0 Å². The highest BCUT2D eigenvalue weighted by Crippen LogP contribution is 2.46. The number of aromatic nitrogens is 4. The van der Waals surface area contributed by atoms with E-state index < -0.39 is 66.0 Å². The van der Waals surface area contributed by atoms with Gasteiger partial charge in [0, 0.05) is 26.3 Å². The zero-order chi connectivity index (χ0) is 45.9. The maximum atomic E-state index is 12.8. The van der Waals surface area contributed by atoms with Gasteiger partial charge in [0.1, 0.15) is 29.7 Å². The molecule has 2 fully saturated rings. The first-order valence-corrected chi connectivity index (χ1v) is 21.6. The number of esters is 3. The van der Waals surface area contributed by atoms with Crippen LogP contribution in [0.25, 0.3) is 11.2 Å². The highest BCUT2D eigenvalue weighted by Gasteiger charge is 2.58. The summed E-state index contributed by atoms with van der Waals surface area (Å²) in [6, 6.07) is 28.4. The average Bonchev–Trinajstić information content (AvgIpc) is 3.96. The van der Waals surface area contributed by atoms with Gasteiger partial charge >= 0.3 is 17.9 Å². The highest BCUT2D eigenvalue weighted by atomic mass is 16.8. The van der Waals surface area contributed by atoms with Crippen molar-refractivity contribution in [3.63, 3.8) is 0 Å². The number of nitrogens with zero attached hydrogens (tertiary/aromatic N) is 4. The minimum absolute atomic E-state index is 0.267. The normalized spacial score (nSPS) is 21.9. The van der Waals surface area contributed by atoms with E-state index in [2.05, 4.69) is 20.3 Å². The highest BCUT2D eigenvalue weighted by molar-refractivity contribution is 6.06. The molecule has 0 saturated carbocycles. The fourth-order valence-corrected chi connectivity index (χ4v) is 8.27. The number of carbonyl (C=O) groups is 4. The monoisotopic (exact) mass is 879 g/mol. The van der Waals surface area contributed by atoms with Gasteiger partial charge in [0.2, 0.25) is 6.29 Å². The van der Waals surface area contributed by atoms with Crippen molar-refractivity contribution in [2.45, 2.75) is 135 Å². The third-order valence-corrected chi connectivity index (χ3v) is 11.6. The molecule has 2 aliphatic rings. The Balaban J connectivity index is 0.000000235. The van der Waals surface area contributed by atoms with Crippen LogP contribution in [0.3, 0.4) is 0 Å². The minimum atomic E-state index is -0.970. The van der Waals surface area contributed by atoms with Crippen LogP contribution in [0.4, 0.5) is 5.82 Å². The number of benzene rings is 3. The van der Waals surface area contributed by atoms with Crippen LogP contribution < -0.4 is 5.32 Å². The molecule has 0 spiro atoms. The van der Waals surface area contributed by atoms with E-state index in [-0.39, 0.29) is 11.7 Å². The van der Waals surface area contributed by atoms with Crippen LogP contribution in [-0.2, 0) is 60.8 Å². The maximum Gasteiger partial charge on any atom is 0.305 e. The molecule has 1 amide bonds. The van der Waals surface area contributed by atoms with Gasteiger partial charge < -0.3 is 38.5 Å². The van der Waals surface area contributed by atoms with Crippen molar-refractivity contribution in [1.82, 2.24) is 19.5 Å². The van der Waals surface area contributed by atoms with Crippen molar-refractivity contribution in [2.24, 2.45) is 0 Å². The van der Waals surface area contributed by atoms with Gasteiger partial charge in [0.25, 0.3) is 5.91 Å². The molecule has 5 aromatic rings. The van der Waals surface area contributed by atoms with E-state index in [4.69, 9.17) is 33.2 Å². The Morgan fingerprint density at radius 3 is 1.62 bits per heavy atom. The standard InChI is InChI=1S/C29H31N5O5.C19H26O6/c1-4-29(5-2)24(37-16-20-12-8-6-9-13-20)23(38-19(3)35)28(39-29)34-18-32-22-25(30-17-31-26(22)34)33-27(36)21-14-10-7-11-15-21;1-5-19(6-2)17(22-12-15-10-8-7-9-11-15)16(23-13(3)20)18(25-19)24-14(4)21/h6-15,17-18,23-24,28H,4-5,16H2,1-3H3,(H,30,31,33,36);7-11,16-18H,5-6,12H2,1-4H3/t23-,24?,28+;16-,17?,18?/m00/s1. The van der Waals surface area contributed by atoms with E-state index in [1.165, 1.54) is 27.1 Å². The molecule has 6 atom stereocenters. The van der Waals surface area contributed by atoms with Crippen LogP contribution in [0.1, 0.15) is 102 Å². The second kappa shape index (κ2) is 21.5. The van der Waals surface area contributed by atoms with Crippen LogP contribution in [-0.4, -0.2) is 85.2 Å². The molecular weight excluding hydrogens is 823 g/mol. The summed E-state index contributed by atoms with van der Waals surface area (Å²) in [7, 11) is 0. The molecule has 340 valence electrons. The summed E-state index contributed by atoms with van der Waals surface area (Å²) in [6.45, 7) is 12.7. The van der Waals surface area contributed by atoms with E-state index in [9.17, 15) is 19.2 Å². The molecule has 2 aromatic heterocycles. The van der Waals surface area contributed by atoms with Crippen LogP contribution in [0, 0.1) is 0 Å². The summed E-state index contributed by atoms with van der Waals surface area (Å²) in [5.74, 6) is -1.46. The number of amides is 1. The van der Waals surface area contributed by atoms with Crippen LogP contribution in [0.15, 0.2) is 104 Å². The second-order valence-corrected chi connectivity index (χ2v) is 15.6. The number of fused-ring (bicyclic) bond motifs is 1. The molecule has 16 nitrogen and oxygen atoms in total. The molecule has 1 N–H and O–H groups in total. The van der Waals surface area contributed by atoms with Gasteiger partial charge in [0.15, 0.2) is 35.4 Å². The molecule has 16 heteroatoms. The van der Waals surface area contributed by atoms with Gasteiger partial charge in [-0.3, -0.25) is 23.7 Å². The molecule has 3 aromatic carbocycles. The maximum absolute atomic E-state index is 12.8. The Morgan fingerprint density at radius 2 is 1.11 bits per heavy atom. The Hall–Kier alpha value is -6.07. The molecule has 3 unspecified atom stereocenters.